The molecule has 0 saturated heterocycles. The fourth-order valence-corrected chi connectivity index (χ4v) is 5.21. The summed E-state index contributed by atoms with van der Waals surface area (Å²) in [5.41, 5.74) is 1.47. The maximum absolute atomic E-state index is 13.5. The van der Waals surface area contributed by atoms with Crippen molar-refractivity contribution in [3.05, 3.63) is 58.5 Å². The smallest absolute Gasteiger partial charge is 0.272 e. The number of thioether (sulfide) groups is 1. The van der Waals surface area contributed by atoms with E-state index in [2.05, 4.69) is 17.2 Å². The first-order valence-corrected chi connectivity index (χ1v) is 12.7. The number of nitrogens with zero attached hydrogens (tertiary/aromatic N) is 3. The van der Waals surface area contributed by atoms with Crippen molar-refractivity contribution in [3.63, 3.8) is 0 Å². The highest BCUT2D eigenvalue weighted by molar-refractivity contribution is 7.99. The van der Waals surface area contributed by atoms with E-state index in [4.69, 9.17) is 9.72 Å². The van der Waals surface area contributed by atoms with E-state index in [0.717, 1.165) is 28.0 Å². The molecule has 1 N–H and O–H groups in total. The Morgan fingerprint density at radius 2 is 2.03 bits per heavy atom. The molecule has 0 bridgehead atoms. The number of hydrogen-bond acceptors (Lipinski definition) is 7. The van der Waals surface area contributed by atoms with Gasteiger partial charge in [-0.1, -0.05) is 30.8 Å². The zero-order valence-corrected chi connectivity index (χ0v) is 20.5. The van der Waals surface area contributed by atoms with Gasteiger partial charge in [0.2, 0.25) is 5.91 Å². The van der Waals surface area contributed by atoms with Gasteiger partial charge in [-0.3, -0.25) is 14.2 Å². The third kappa shape index (κ3) is 5.36. The number of nitrogens with one attached hydrogen (secondary N) is 1. The van der Waals surface area contributed by atoms with Crippen LogP contribution in [0.15, 0.2) is 52.5 Å². The van der Waals surface area contributed by atoms with Crippen molar-refractivity contribution >= 4 is 49.4 Å². The number of carbonyl (C=O) groups excluding carboxylic acids is 1. The lowest BCUT2D eigenvalue weighted by molar-refractivity contribution is -0.119. The Bertz CT molecular complexity index is 1330. The predicted octanol–water partition coefficient (Wildman–Crippen LogP) is 4.46. The van der Waals surface area contributed by atoms with Crippen molar-refractivity contribution in [2.45, 2.75) is 44.9 Å². The molecule has 172 valence electrons. The second-order valence-corrected chi connectivity index (χ2v) is 9.87. The van der Waals surface area contributed by atoms with E-state index in [-0.39, 0.29) is 23.3 Å². The molecule has 3 aromatic heterocycles. The van der Waals surface area contributed by atoms with Crippen LogP contribution < -0.4 is 15.6 Å². The summed E-state index contributed by atoms with van der Waals surface area (Å²) < 4.78 is 7.88. The minimum absolute atomic E-state index is 0.0519. The maximum Gasteiger partial charge on any atom is 0.272 e. The normalized spacial score (nSPS) is 11.4. The molecule has 3 heterocycles. The molecular weight excluding hydrogens is 456 g/mol. The third-order valence-electron chi connectivity index (χ3n) is 4.84. The molecule has 1 amide bonds. The zero-order chi connectivity index (χ0) is 23.4. The average Bonchev–Trinajstić information content (AvgIpc) is 3.18. The Balaban J connectivity index is 1.72. The molecule has 0 atom stereocenters. The van der Waals surface area contributed by atoms with E-state index in [1.54, 1.807) is 10.8 Å². The summed E-state index contributed by atoms with van der Waals surface area (Å²) in [6, 6.07) is 11.5. The first-order valence-electron chi connectivity index (χ1n) is 10.9. The Hall–Kier alpha value is -2.91. The van der Waals surface area contributed by atoms with Gasteiger partial charge in [0.1, 0.15) is 15.3 Å². The van der Waals surface area contributed by atoms with Crippen LogP contribution >= 0.6 is 23.1 Å². The molecule has 0 spiro atoms. The summed E-state index contributed by atoms with van der Waals surface area (Å²) in [5.74, 6) is 0.891. The molecule has 4 aromatic rings. The van der Waals surface area contributed by atoms with Crippen molar-refractivity contribution in [2.75, 3.05) is 12.4 Å². The zero-order valence-electron chi connectivity index (χ0n) is 18.8. The Labute approximate surface area is 200 Å². The summed E-state index contributed by atoms with van der Waals surface area (Å²) in [6.45, 7) is 6.92. The molecule has 0 aliphatic carbocycles. The van der Waals surface area contributed by atoms with Crippen molar-refractivity contribution in [1.29, 1.82) is 0 Å². The van der Waals surface area contributed by atoms with Crippen LogP contribution in [0.4, 0.5) is 0 Å². The number of pyridine rings is 1. The minimum Gasteiger partial charge on any atom is -0.494 e. The number of hydrogen-bond donors (Lipinski definition) is 1. The van der Waals surface area contributed by atoms with Gasteiger partial charge in [0.25, 0.3) is 5.56 Å². The Morgan fingerprint density at radius 1 is 1.24 bits per heavy atom. The van der Waals surface area contributed by atoms with E-state index in [0.29, 0.717) is 28.5 Å². The number of fused-ring (bicyclic) bond motifs is 3. The topological polar surface area (TPSA) is 86.1 Å². The van der Waals surface area contributed by atoms with Crippen LogP contribution in [0.1, 0.15) is 32.8 Å². The summed E-state index contributed by atoms with van der Waals surface area (Å²) in [5, 5.41) is 4.25. The first-order chi connectivity index (χ1) is 16.0. The number of aromatic nitrogens is 3. The molecule has 9 heteroatoms. The van der Waals surface area contributed by atoms with Gasteiger partial charge >= 0.3 is 0 Å². The molecular formula is C24H26N4O3S2. The van der Waals surface area contributed by atoms with Crippen LogP contribution in [0.5, 0.6) is 5.75 Å². The fourth-order valence-electron chi connectivity index (χ4n) is 3.38. The van der Waals surface area contributed by atoms with Gasteiger partial charge in [0, 0.05) is 17.6 Å². The quantitative estimate of drug-likeness (QED) is 0.280. The predicted molar refractivity (Wildman–Crippen MR) is 135 cm³/mol. The Morgan fingerprint density at radius 3 is 2.76 bits per heavy atom. The molecule has 0 fully saturated rings. The van der Waals surface area contributed by atoms with Gasteiger partial charge in [0.05, 0.1) is 24.4 Å². The maximum atomic E-state index is 13.5. The lowest BCUT2D eigenvalue weighted by atomic mass is 10.2. The lowest BCUT2D eigenvalue weighted by Gasteiger charge is -2.13. The van der Waals surface area contributed by atoms with Gasteiger partial charge < -0.3 is 10.1 Å². The van der Waals surface area contributed by atoms with E-state index < -0.39 is 0 Å². The molecule has 1 aromatic carbocycles. The van der Waals surface area contributed by atoms with Crippen LogP contribution in [0, 0.1) is 0 Å². The van der Waals surface area contributed by atoms with Crippen molar-refractivity contribution in [3.8, 4) is 5.75 Å². The second kappa shape index (κ2) is 10.4. The second-order valence-electron chi connectivity index (χ2n) is 7.92. The molecule has 0 aliphatic heterocycles. The standard InChI is InChI=1S/C24H26N4O3S2/c1-4-12-31-17-9-7-16(8-10-17)13-28-23(30)21-20(18-6-5-11-25-22(18)33-21)27-24(28)32-14-19(29)26-15(2)3/h5-11,15H,4,12-14H2,1-3H3,(H,26,29). The summed E-state index contributed by atoms with van der Waals surface area (Å²) in [6.07, 6.45) is 2.65. The van der Waals surface area contributed by atoms with Crippen LogP contribution in [-0.4, -0.2) is 38.8 Å². The van der Waals surface area contributed by atoms with Crippen molar-refractivity contribution in [2.24, 2.45) is 0 Å². The van der Waals surface area contributed by atoms with E-state index >= 15 is 0 Å². The van der Waals surface area contributed by atoms with Crippen LogP contribution in [0.3, 0.4) is 0 Å². The summed E-state index contributed by atoms with van der Waals surface area (Å²) in [7, 11) is 0. The first kappa shape index (κ1) is 23.3. The highest BCUT2D eigenvalue weighted by Crippen LogP contribution is 2.30. The molecule has 7 nitrogen and oxygen atoms in total. The van der Waals surface area contributed by atoms with Crippen LogP contribution in [0.2, 0.25) is 0 Å². The van der Waals surface area contributed by atoms with Crippen LogP contribution in [-0.2, 0) is 11.3 Å². The third-order valence-corrected chi connectivity index (χ3v) is 6.90. The van der Waals surface area contributed by atoms with E-state index in [9.17, 15) is 9.59 Å². The number of carbonyl (C=O) groups is 1. The van der Waals surface area contributed by atoms with Gasteiger partial charge in [-0.15, -0.1) is 11.3 Å². The molecule has 0 radical (unpaired) electrons. The molecule has 0 saturated carbocycles. The van der Waals surface area contributed by atoms with E-state index in [1.165, 1.54) is 23.1 Å². The van der Waals surface area contributed by atoms with Gasteiger partial charge in [0.15, 0.2) is 5.16 Å². The summed E-state index contributed by atoms with van der Waals surface area (Å²) >= 11 is 2.62. The van der Waals surface area contributed by atoms with Crippen LogP contribution in [0.25, 0.3) is 20.4 Å². The summed E-state index contributed by atoms with van der Waals surface area (Å²) in [4.78, 5) is 35.8. The SMILES string of the molecule is CCCOc1ccc(Cn2c(SCC(=O)NC(C)C)nc3c(sc4ncccc43)c2=O)cc1. The minimum atomic E-state index is -0.124. The van der Waals surface area contributed by atoms with Crippen molar-refractivity contribution in [1.82, 2.24) is 19.9 Å². The van der Waals surface area contributed by atoms with Gasteiger partial charge in [-0.2, -0.15) is 0 Å². The average molecular weight is 483 g/mol. The Kier molecular flexibility index (Phi) is 7.29. The molecule has 0 aliphatic rings. The largest absolute Gasteiger partial charge is 0.494 e. The molecule has 0 unspecified atom stereocenters. The molecule has 4 rings (SSSR count). The highest BCUT2D eigenvalue weighted by Gasteiger charge is 2.18. The van der Waals surface area contributed by atoms with Gasteiger partial charge in [-0.25, -0.2) is 9.97 Å². The van der Waals surface area contributed by atoms with Crippen molar-refractivity contribution < 1.29 is 9.53 Å². The van der Waals surface area contributed by atoms with E-state index in [1.807, 2.05) is 50.2 Å². The fraction of sp³-hybridized carbons (Fsp3) is 0.333. The number of ether oxygens (including phenoxy) is 1. The number of amides is 1. The van der Waals surface area contributed by atoms with Gasteiger partial charge in [-0.05, 0) is 50.1 Å². The monoisotopic (exact) mass is 482 g/mol. The number of rotatable bonds is 9. The lowest BCUT2D eigenvalue weighted by Crippen LogP contribution is -2.32. The highest BCUT2D eigenvalue weighted by atomic mass is 32.2. The molecule has 33 heavy (non-hydrogen) atoms. The number of benzene rings is 1. The number of thiophene rings is 1.